The van der Waals surface area contributed by atoms with Crippen LogP contribution >= 0.6 is 15.9 Å². The number of hydrogen-bond donors (Lipinski definition) is 2. The van der Waals surface area contributed by atoms with Crippen LogP contribution in [-0.4, -0.2) is 24.0 Å². The standard InChI is InChI=1S/C14H20BrN3O/c1-10-12(3-4-13(15)17-10)18-14(19)5-2-11-6-8-16-9-7-11/h3-4,11,16H,2,5-9H2,1H3,(H,18,19). The number of amides is 1. The SMILES string of the molecule is Cc1nc(Br)ccc1NC(=O)CCC1CCNCC1. The average molecular weight is 326 g/mol. The van der Waals surface area contributed by atoms with E-state index in [0.29, 0.717) is 12.3 Å². The van der Waals surface area contributed by atoms with Gasteiger partial charge in [-0.05, 0) is 73.3 Å². The molecule has 0 spiro atoms. The van der Waals surface area contributed by atoms with E-state index in [9.17, 15) is 4.79 Å². The Balaban J connectivity index is 1.80. The number of aromatic nitrogens is 1. The highest BCUT2D eigenvalue weighted by molar-refractivity contribution is 9.10. The van der Waals surface area contributed by atoms with Gasteiger partial charge >= 0.3 is 0 Å². The lowest BCUT2D eigenvalue weighted by Crippen LogP contribution is -2.28. The molecule has 1 aliphatic rings. The van der Waals surface area contributed by atoms with Crippen molar-refractivity contribution in [2.75, 3.05) is 18.4 Å². The average Bonchev–Trinajstić information content (AvgIpc) is 2.41. The zero-order chi connectivity index (χ0) is 13.7. The molecular weight excluding hydrogens is 306 g/mol. The number of halogens is 1. The predicted octanol–water partition coefficient (Wildman–Crippen LogP) is 2.87. The Morgan fingerprint density at radius 3 is 2.89 bits per heavy atom. The van der Waals surface area contributed by atoms with Crippen LogP contribution in [0.25, 0.3) is 0 Å². The summed E-state index contributed by atoms with van der Waals surface area (Å²) in [5.74, 6) is 0.780. The minimum atomic E-state index is 0.0887. The first-order valence-corrected chi connectivity index (χ1v) is 7.58. The topological polar surface area (TPSA) is 54.0 Å². The number of piperidine rings is 1. The number of carbonyl (C=O) groups excluding carboxylic acids is 1. The predicted molar refractivity (Wildman–Crippen MR) is 80.1 cm³/mol. The number of nitrogens with one attached hydrogen (secondary N) is 2. The number of anilines is 1. The van der Waals surface area contributed by atoms with Crippen LogP contribution in [0.1, 0.15) is 31.4 Å². The van der Waals surface area contributed by atoms with E-state index in [4.69, 9.17) is 0 Å². The Morgan fingerprint density at radius 2 is 2.21 bits per heavy atom. The molecule has 0 radical (unpaired) electrons. The summed E-state index contributed by atoms with van der Waals surface area (Å²) in [6.45, 7) is 4.07. The van der Waals surface area contributed by atoms with E-state index in [-0.39, 0.29) is 5.91 Å². The molecule has 0 unspecified atom stereocenters. The minimum Gasteiger partial charge on any atom is -0.325 e. The molecule has 0 atom stereocenters. The van der Waals surface area contributed by atoms with Gasteiger partial charge in [0, 0.05) is 6.42 Å². The highest BCUT2D eigenvalue weighted by Gasteiger charge is 2.14. The summed E-state index contributed by atoms with van der Waals surface area (Å²) in [5, 5.41) is 6.28. The summed E-state index contributed by atoms with van der Waals surface area (Å²) in [6, 6.07) is 3.73. The van der Waals surface area contributed by atoms with Gasteiger partial charge < -0.3 is 10.6 Å². The molecule has 1 aromatic rings. The molecule has 104 valence electrons. The van der Waals surface area contributed by atoms with Crippen molar-refractivity contribution in [3.63, 3.8) is 0 Å². The van der Waals surface area contributed by atoms with Gasteiger partial charge in [-0.15, -0.1) is 0 Å². The first kappa shape index (κ1) is 14.5. The van der Waals surface area contributed by atoms with Gasteiger partial charge in [0.2, 0.25) is 5.91 Å². The molecule has 0 aromatic carbocycles. The number of aryl methyl sites for hydroxylation is 1. The smallest absolute Gasteiger partial charge is 0.224 e. The molecule has 0 bridgehead atoms. The van der Waals surface area contributed by atoms with Crippen LogP contribution in [0.15, 0.2) is 16.7 Å². The molecule has 1 aliphatic heterocycles. The molecule has 5 heteroatoms. The van der Waals surface area contributed by atoms with Crippen molar-refractivity contribution in [3.8, 4) is 0 Å². The maximum absolute atomic E-state index is 11.9. The molecule has 1 amide bonds. The largest absolute Gasteiger partial charge is 0.325 e. The van der Waals surface area contributed by atoms with Gasteiger partial charge in [-0.3, -0.25) is 4.79 Å². The zero-order valence-electron chi connectivity index (χ0n) is 11.2. The summed E-state index contributed by atoms with van der Waals surface area (Å²) in [7, 11) is 0. The van der Waals surface area contributed by atoms with E-state index >= 15 is 0 Å². The third-order valence-electron chi connectivity index (χ3n) is 3.56. The van der Waals surface area contributed by atoms with Crippen molar-refractivity contribution in [1.29, 1.82) is 0 Å². The van der Waals surface area contributed by atoms with Crippen LogP contribution in [0, 0.1) is 12.8 Å². The number of nitrogens with zero attached hydrogens (tertiary/aromatic N) is 1. The lowest BCUT2D eigenvalue weighted by atomic mass is 9.93. The second-order valence-corrected chi connectivity index (χ2v) is 5.86. The van der Waals surface area contributed by atoms with Gasteiger partial charge in [-0.25, -0.2) is 4.98 Å². The molecule has 2 heterocycles. The lowest BCUT2D eigenvalue weighted by Gasteiger charge is -2.22. The van der Waals surface area contributed by atoms with Gasteiger partial charge in [0.1, 0.15) is 4.60 Å². The van der Waals surface area contributed by atoms with Crippen LogP contribution in [0.2, 0.25) is 0 Å². The van der Waals surface area contributed by atoms with Crippen molar-refractivity contribution < 1.29 is 4.79 Å². The van der Waals surface area contributed by atoms with E-state index in [1.54, 1.807) is 0 Å². The van der Waals surface area contributed by atoms with Crippen molar-refractivity contribution in [3.05, 3.63) is 22.4 Å². The van der Waals surface area contributed by atoms with Gasteiger partial charge in [0.15, 0.2) is 0 Å². The van der Waals surface area contributed by atoms with Crippen LogP contribution in [0.5, 0.6) is 0 Å². The minimum absolute atomic E-state index is 0.0887. The van der Waals surface area contributed by atoms with Crippen molar-refractivity contribution in [2.45, 2.75) is 32.6 Å². The molecule has 4 nitrogen and oxygen atoms in total. The number of carbonyl (C=O) groups is 1. The number of pyridine rings is 1. The monoisotopic (exact) mass is 325 g/mol. The third kappa shape index (κ3) is 4.58. The fourth-order valence-electron chi connectivity index (χ4n) is 2.38. The highest BCUT2D eigenvalue weighted by atomic mass is 79.9. The maximum Gasteiger partial charge on any atom is 0.224 e. The van der Waals surface area contributed by atoms with E-state index in [2.05, 4.69) is 31.5 Å². The van der Waals surface area contributed by atoms with Crippen LogP contribution in [0.3, 0.4) is 0 Å². The zero-order valence-corrected chi connectivity index (χ0v) is 12.8. The molecule has 0 aliphatic carbocycles. The Morgan fingerprint density at radius 1 is 1.47 bits per heavy atom. The highest BCUT2D eigenvalue weighted by Crippen LogP contribution is 2.19. The van der Waals surface area contributed by atoms with E-state index in [0.717, 1.165) is 35.5 Å². The van der Waals surface area contributed by atoms with Gasteiger partial charge in [-0.2, -0.15) is 0 Å². The van der Waals surface area contributed by atoms with Crippen LogP contribution in [-0.2, 0) is 4.79 Å². The van der Waals surface area contributed by atoms with E-state index in [1.807, 2.05) is 19.1 Å². The van der Waals surface area contributed by atoms with E-state index < -0.39 is 0 Å². The molecular formula is C14H20BrN3O. The second-order valence-electron chi connectivity index (χ2n) is 5.05. The fourth-order valence-corrected chi connectivity index (χ4v) is 2.78. The first-order chi connectivity index (χ1) is 9.15. The maximum atomic E-state index is 11.9. The molecule has 0 saturated carbocycles. The summed E-state index contributed by atoms with van der Waals surface area (Å²) < 4.78 is 0.790. The fraction of sp³-hybridized carbons (Fsp3) is 0.571. The Kier molecular flexibility index (Phi) is 5.34. The van der Waals surface area contributed by atoms with E-state index in [1.165, 1.54) is 12.8 Å². The Hall–Kier alpha value is -0.940. The third-order valence-corrected chi connectivity index (χ3v) is 4.01. The number of rotatable bonds is 4. The quantitative estimate of drug-likeness (QED) is 0.837. The molecule has 2 N–H and O–H groups in total. The Bertz CT molecular complexity index is 444. The van der Waals surface area contributed by atoms with Gasteiger partial charge in [0.25, 0.3) is 0 Å². The summed E-state index contributed by atoms with van der Waals surface area (Å²) in [4.78, 5) is 16.2. The van der Waals surface area contributed by atoms with Gasteiger partial charge in [-0.1, -0.05) is 0 Å². The summed E-state index contributed by atoms with van der Waals surface area (Å²) in [5.41, 5.74) is 1.64. The number of hydrogen-bond acceptors (Lipinski definition) is 3. The van der Waals surface area contributed by atoms with Gasteiger partial charge in [0.05, 0.1) is 11.4 Å². The van der Waals surface area contributed by atoms with Crippen molar-refractivity contribution >= 4 is 27.5 Å². The second kappa shape index (κ2) is 7.01. The molecule has 1 fully saturated rings. The van der Waals surface area contributed by atoms with Crippen LogP contribution in [0.4, 0.5) is 5.69 Å². The molecule has 1 aromatic heterocycles. The van der Waals surface area contributed by atoms with Crippen LogP contribution < -0.4 is 10.6 Å². The first-order valence-electron chi connectivity index (χ1n) is 6.79. The summed E-state index contributed by atoms with van der Waals surface area (Å²) >= 11 is 3.32. The summed E-state index contributed by atoms with van der Waals surface area (Å²) in [6.07, 6.45) is 3.95. The Labute approximate surface area is 122 Å². The van der Waals surface area contributed by atoms with Crippen molar-refractivity contribution in [1.82, 2.24) is 10.3 Å². The molecule has 1 saturated heterocycles. The van der Waals surface area contributed by atoms with Crippen molar-refractivity contribution in [2.24, 2.45) is 5.92 Å². The lowest BCUT2D eigenvalue weighted by molar-refractivity contribution is -0.116. The molecule has 2 rings (SSSR count). The molecule has 19 heavy (non-hydrogen) atoms. The normalized spacial score (nSPS) is 16.3.